The predicted octanol–water partition coefficient (Wildman–Crippen LogP) is 3.24. The van der Waals surface area contributed by atoms with Crippen LogP contribution in [0.3, 0.4) is 0 Å². The van der Waals surface area contributed by atoms with Crippen LogP contribution in [0.15, 0.2) is 24.3 Å². The van der Waals surface area contributed by atoms with Gasteiger partial charge in [0.05, 0.1) is 0 Å². The average Bonchev–Trinajstić information content (AvgIpc) is 2.67. The maximum absolute atomic E-state index is 13.3. The summed E-state index contributed by atoms with van der Waals surface area (Å²) in [6.07, 6.45) is 4.59. The summed E-state index contributed by atoms with van der Waals surface area (Å²) in [7, 11) is 1.60. The molecule has 1 aromatic carbocycles. The number of hydrogen-bond donors (Lipinski definition) is 1. The molecule has 2 rings (SSSR count). The van der Waals surface area contributed by atoms with Crippen LogP contribution in [0.2, 0.25) is 0 Å². The van der Waals surface area contributed by atoms with E-state index in [0.29, 0.717) is 5.92 Å². The van der Waals surface area contributed by atoms with Gasteiger partial charge in [0.2, 0.25) is 5.91 Å². The third kappa shape index (κ3) is 2.45. The number of carbonyl (C=O) groups is 1. The number of benzene rings is 1. The highest BCUT2D eigenvalue weighted by molar-refractivity contribution is 5.96. The fourth-order valence-electron chi connectivity index (χ4n) is 2.62. The van der Waals surface area contributed by atoms with E-state index in [2.05, 4.69) is 12.2 Å². The summed E-state index contributed by atoms with van der Waals surface area (Å²) < 4.78 is 13.3. The highest BCUT2D eigenvalue weighted by Gasteiger charge is 2.26. The molecule has 0 spiro atoms. The summed E-state index contributed by atoms with van der Waals surface area (Å²) in [4.78, 5) is 11.4. The largest absolute Gasteiger partial charge is 0.356 e. The first-order valence-electron chi connectivity index (χ1n) is 6.37. The molecule has 0 fully saturated rings. The van der Waals surface area contributed by atoms with E-state index in [1.54, 1.807) is 19.2 Å². The van der Waals surface area contributed by atoms with Crippen LogP contribution in [0.4, 0.5) is 4.39 Å². The fraction of sp³-hybridized carbons (Fsp3) is 0.400. The quantitative estimate of drug-likeness (QED) is 0.816. The summed E-state index contributed by atoms with van der Waals surface area (Å²) in [5.74, 6) is 0.0487. The molecule has 1 atom stereocenters. The number of fused-ring (bicyclic) bond motifs is 1. The molecule has 0 aromatic heterocycles. The molecule has 1 aliphatic rings. The summed E-state index contributed by atoms with van der Waals surface area (Å²) in [5, 5.41) is 2.58. The maximum Gasteiger partial charge on any atom is 0.244 e. The smallest absolute Gasteiger partial charge is 0.244 e. The van der Waals surface area contributed by atoms with Gasteiger partial charge in [-0.25, -0.2) is 4.39 Å². The van der Waals surface area contributed by atoms with E-state index < -0.39 is 0 Å². The van der Waals surface area contributed by atoms with Crippen molar-refractivity contribution in [1.29, 1.82) is 0 Å². The Hall–Kier alpha value is -1.64. The first kappa shape index (κ1) is 12.8. The van der Waals surface area contributed by atoms with Crippen LogP contribution in [0, 0.1) is 5.82 Å². The van der Waals surface area contributed by atoms with E-state index in [0.717, 1.165) is 30.4 Å². The predicted molar refractivity (Wildman–Crippen MR) is 70.7 cm³/mol. The minimum atomic E-state index is -0.242. The normalized spacial score (nSPS) is 19.9. The first-order chi connectivity index (χ1) is 8.65. The van der Waals surface area contributed by atoms with Crippen LogP contribution < -0.4 is 5.32 Å². The van der Waals surface area contributed by atoms with Gasteiger partial charge in [0.1, 0.15) is 5.82 Å². The zero-order valence-corrected chi connectivity index (χ0v) is 10.8. The Kier molecular flexibility index (Phi) is 3.80. The number of nitrogens with one attached hydrogen (secondary N) is 1. The molecule has 1 amide bonds. The van der Waals surface area contributed by atoms with Gasteiger partial charge >= 0.3 is 0 Å². The van der Waals surface area contributed by atoms with Crippen LogP contribution >= 0.6 is 0 Å². The van der Waals surface area contributed by atoms with Gasteiger partial charge in [-0.3, -0.25) is 4.79 Å². The van der Waals surface area contributed by atoms with Gasteiger partial charge < -0.3 is 5.32 Å². The van der Waals surface area contributed by atoms with Gasteiger partial charge in [-0.15, -0.1) is 0 Å². The van der Waals surface area contributed by atoms with Crippen molar-refractivity contribution < 1.29 is 9.18 Å². The molecule has 0 bridgehead atoms. The van der Waals surface area contributed by atoms with Crippen LogP contribution in [0.5, 0.6) is 0 Å². The molecule has 0 heterocycles. The van der Waals surface area contributed by atoms with Gasteiger partial charge in [-0.05, 0) is 47.6 Å². The molecule has 1 N–H and O–H groups in total. The molecule has 1 aromatic rings. The topological polar surface area (TPSA) is 29.1 Å². The maximum atomic E-state index is 13.3. The van der Waals surface area contributed by atoms with E-state index in [9.17, 15) is 9.18 Å². The minimum Gasteiger partial charge on any atom is -0.356 e. The Morgan fingerprint density at radius 2 is 2.33 bits per heavy atom. The van der Waals surface area contributed by atoms with E-state index in [-0.39, 0.29) is 11.7 Å². The van der Waals surface area contributed by atoms with Crippen LogP contribution in [0.25, 0.3) is 5.57 Å². The Bertz CT molecular complexity index is 493. The van der Waals surface area contributed by atoms with E-state index in [1.165, 1.54) is 11.6 Å². The van der Waals surface area contributed by atoms with Crippen LogP contribution in [0.1, 0.15) is 43.2 Å². The number of rotatable bonds is 3. The minimum absolute atomic E-state index is 0.127. The van der Waals surface area contributed by atoms with Gasteiger partial charge in [0.15, 0.2) is 0 Å². The number of halogens is 1. The van der Waals surface area contributed by atoms with Gasteiger partial charge in [-0.1, -0.05) is 19.4 Å². The fourth-order valence-corrected chi connectivity index (χ4v) is 2.62. The summed E-state index contributed by atoms with van der Waals surface area (Å²) in [5.41, 5.74) is 3.02. The molecule has 0 radical (unpaired) electrons. The Morgan fingerprint density at radius 3 is 3.00 bits per heavy atom. The zero-order valence-electron chi connectivity index (χ0n) is 10.8. The standard InChI is InChI=1S/C15H18FNO/c1-3-4-10-7-11(8-15(18)17-2)14-9-12(16)5-6-13(10)14/h5-6,8-10H,3-4,7H2,1-2H3,(H,17,18)/b11-8+. The van der Waals surface area contributed by atoms with Crippen molar-refractivity contribution in [2.75, 3.05) is 7.05 Å². The molecule has 18 heavy (non-hydrogen) atoms. The molecule has 0 aliphatic heterocycles. The Labute approximate surface area is 107 Å². The van der Waals surface area contributed by atoms with Crippen molar-refractivity contribution >= 4 is 11.5 Å². The van der Waals surface area contributed by atoms with Gasteiger partial charge in [0.25, 0.3) is 0 Å². The van der Waals surface area contributed by atoms with E-state index >= 15 is 0 Å². The third-order valence-corrected chi connectivity index (χ3v) is 3.46. The molecule has 2 nitrogen and oxygen atoms in total. The van der Waals surface area contributed by atoms with Crippen LogP contribution in [-0.2, 0) is 4.79 Å². The number of amides is 1. The Morgan fingerprint density at radius 1 is 1.56 bits per heavy atom. The molecule has 0 saturated carbocycles. The molecular formula is C15H18FNO. The number of likely N-dealkylation sites (N-methyl/N-ethyl adjacent to an activating group) is 1. The second kappa shape index (κ2) is 5.34. The second-order valence-electron chi connectivity index (χ2n) is 4.71. The molecule has 0 saturated heterocycles. The lowest BCUT2D eigenvalue weighted by atomic mass is 9.97. The van der Waals surface area contributed by atoms with Gasteiger partial charge in [0, 0.05) is 13.1 Å². The lowest BCUT2D eigenvalue weighted by Crippen LogP contribution is -2.14. The Balaban J connectivity index is 2.40. The molecule has 1 aliphatic carbocycles. The first-order valence-corrected chi connectivity index (χ1v) is 6.37. The number of hydrogen-bond acceptors (Lipinski definition) is 1. The highest BCUT2D eigenvalue weighted by atomic mass is 19.1. The van der Waals surface area contributed by atoms with Crippen molar-refractivity contribution in [3.8, 4) is 0 Å². The molecule has 96 valence electrons. The van der Waals surface area contributed by atoms with Crippen molar-refractivity contribution in [3.63, 3.8) is 0 Å². The van der Waals surface area contributed by atoms with E-state index in [4.69, 9.17) is 0 Å². The third-order valence-electron chi connectivity index (χ3n) is 3.46. The lowest BCUT2D eigenvalue weighted by molar-refractivity contribution is -0.116. The molecule has 1 unspecified atom stereocenters. The van der Waals surface area contributed by atoms with Crippen LogP contribution in [-0.4, -0.2) is 13.0 Å². The summed E-state index contributed by atoms with van der Waals surface area (Å²) >= 11 is 0. The van der Waals surface area contributed by atoms with Crippen molar-refractivity contribution in [2.24, 2.45) is 0 Å². The van der Waals surface area contributed by atoms with Crippen molar-refractivity contribution in [1.82, 2.24) is 5.32 Å². The average molecular weight is 247 g/mol. The van der Waals surface area contributed by atoms with E-state index in [1.807, 2.05) is 6.07 Å². The lowest BCUT2D eigenvalue weighted by Gasteiger charge is -2.08. The molecular weight excluding hydrogens is 229 g/mol. The monoisotopic (exact) mass is 247 g/mol. The highest BCUT2D eigenvalue weighted by Crippen LogP contribution is 2.43. The van der Waals surface area contributed by atoms with Gasteiger partial charge in [-0.2, -0.15) is 0 Å². The number of allylic oxidation sites excluding steroid dienone is 1. The second-order valence-corrected chi connectivity index (χ2v) is 4.71. The van der Waals surface area contributed by atoms with Crippen molar-refractivity contribution in [2.45, 2.75) is 32.1 Å². The molecule has 3 heteroatoms. The van der Waals surface area contributed by atoms with Crippen molar-refractivity contribution in [3.05, 3.63) is 41.2 Å². The summed E-state index contributed by atoms with van der Waals surface area (Å²) in [6, 6.07) is 4.90. The SMILES string of the molecule is CCCC1C/C(=C\C(=O)NC)c2cc(F)ccc21. The summed E-state index contributed by atoms with van der Waals surface area (Å²) in [6.45, 7) is 2.14. The zero-order chi connectivity index (χ0) is 13.1. The number of carbonyl (C=O) groups excluding carboxylic acids is 1.